The second-order valence-corrected chi connectivity index (χ2v) is 14.8. The number of nitriles is 2. The number of para-hydroxylation sites is 2. The second-order valence-electron chi connectivity index (χ2n) is 14.8. The molecule has 10 rings (SSSR count). The lowest BCUT2D eigenvalue weighted by Gasteiger charge is -2.19. The van der Waals surface area contributed by atoms with E-state index in [1.54, 1.807) is 48.5 Å². The van der Waals surface area contributed by atoms with Crippen LogP contribution in [0, 0.1) is 35.8 Å². The first kappa shape index (κ1) is 37.0. The number of imide groups is 1. The Bertz CT molecular complexity index is 3370. The molecule has 0 aliphatic carbocycles. The summed E-state index contributed by atoms with van der Waals surface area (Å²) in [4.78, 5) is 38.7. The molecule has 1 aliphatic rings. The van der Waals surface area contributed by atoms with Crippen LogP contribution in [-0.4, -0.2) is 16.4 Å². The Kier molecular flexibility index (Phi) is 8.82. The molecule has 8 nitrogen and oxygen atoms in total. The fourth-order valence-electron chi connectivity index (χ4n) is 8.67. The molecule has 2 heterocycles. The average molecular weight is 793 g/mol. The van der Waals surface area contributed by atoms with Gasteiger partial charge in [-0.2, -0.15) is 10.5 Å². The van der Waals surface area contributed by atoms with Gasteiger partial charge in [0.15, 0.2) is 11.4 Å². The highest BCUT2D eigenvalue weighted by atomic mass is 16.2. The van der Waals surface area contributed by atoms with Gasteiger partial charge in [0.05, 0.1) is 69.9 Å². The van der Waals surface area contributed by atoms with E-state index in [4.69, 9.17) is 13.1 Å². The molecule has 8 aromatic carbocycles. The van der Waals surface area contributed by atoms with Crippen molar-refractivity contribution in [2.45, 2.75) is 0 Å². The summed E-state index contributed by atoms with van der Waals surface area (Å²) in [5, 5.41) is 21.7. The fourth-order valence-corrected chi connectivity index (χ4v) is 8.67. The zero-order valence-electron chi connectivity index (χ0n) is 32.7. The predicted octanol–water partition coefficient (Wildman–Crippen LogP) is 13.1. The summed E-state index contributed by atoms with van der Waals surface area (Å²) in [6.45, 7) is 15.7. The molecule has 0 atom stereocenters. The molecule has 0 saturated heterocycles. The first-order valence-electron chi connectivity index (χ1n) is 19.6. The van der Waals surface area contributed by atoms with Crippen molar-refractivity contribution < 1.29 is 9.59 Å². The van der Waals surface area contributed by atoms with E-state index in [2.05, 4.69) is 27.9 Å². The van der Waals surface area contributed by atoms with Crippen molar-refractivity contribution in [1.29, 1.82) is 10.5 Å². The van der Waals surface area contributed by atoms with E-state index >= 15 is 4.79 Å². The number of carbonyl (C=O) groups excluding carboxylic acids is 2. The van der Waals surface area contributed by atoms with Gasteiger partial charge in [-0.25, -0.2) is 14.6 Å². The van der Waals surface area contributed by atoms with Gasteiger partial charge in [0.2, 0.25) is 0 Å². The lowest BCUT2D eigenvalue weighted by molar-refractivity contribution is 0.0926. The third-order valence-corrected chi connectivity index (χ3v) is 11.4. The Morgan fingerprint density at radius 2 is 1.08 bits per heavy atom. The Morgan fingerprint density at radius 3 is 1.68 bits per heavy atom. The van der Waals surface area contributed by atoms with Crippen molar-refractivity contribution >= 4 is 50.7 Å². The van der Waals surface area contributed by atoms with Gasteiger partial charge in [-0.05, 0) is 75.8 Å². The lowest BCUT2D eigenvalue weighted by Crippen LogP contribution is -2.29. The molecule has 1 aliphatic heterocycles. The molecule has 2 amide bonds. The smallest absolute Gasteiger partial charge is 0.268 e. The standard InChI is InChI=1S/C54H28N6O2/c1-57-39-23-25-42(48(30-39)58-2)44-17-10-19-46-45-18-9-16-43(41-24-22-33(31-55)26-38(41)32-56)51(45)60(52(44)46)49-21-11-20-47-50(49)54(62)59(53(47)61)40-28-36(34-12-5-3-6-13-34)27-37(29-40)35-14-7-4-8-15-35/h3-30H. The molecule has 0 bridgehead atoms. The molecule has 0 fully saturated rings. The van der Waals surface area contributed by atoms with Crippen molar-refractivity contribution in [1.82, 2.24) is 4.57 Å². The van der Waals surface area contributed by atoms with Gasteiger partial charge in [-0.1, -0.05) is 127 Å². The summed E-state index contributed by atoms with van der Waals surface area (Å²) in [6.07, 6.45) is 0. The molecule has 0 unspecified atom stereocenters. The maximum absolute atomic E-state index is 15.3. The Hall–Kier alpha value is -9.34. The predicted molar refractivity (Wildman–Crippen MR) is 242 cm³/mol. The number of anilines is 1. The number of amides is 2. The fraction of sp³-hybridized carbons (Fsp3) is 0. The summed E-state index contributed by atoms with van der Waals surface area (Å²) >= 11 is 0. The van der Waals surface area contributed by atoms with E-state index in [0.29, 0.717) is 61.5 Å². The summed E-state index contributed by atoms with van der Waals surface area (Å²) in [7, 11) is 0. The molecule has 0 saturated carbocycles. The maximum Gasteiger partial charge on any atom is 0.268 e. The molecule has 9 aromatic rings. The molecule has 286 valence electrons. The van der Waals surface area contributed by atoms with Gasteiger partial charge in [0.1, 0.15) is 0 Å². The van der Waals surface area contributed by atoms with Crippen molar-refractivity contribution in [2.24, 2.45) is 0 Å². The van der Waals surface area contributed by atoms with Crippen LogP contribution >= 0.6 is 0 Å². The van der Waals surface area contributed by atoms with Crippen LogP contribution in [0.4, 0.5) is 17.1 Å². The number of hydrogen-bond donors (Lipinski definition) is 0. The van der Waals surface area contributed by atoms with Crippen molar-refractivity contribution in [3.63, 3.8) is 0 Å². The van der Waals surface area contributed by atoms with Gasteiger partial charge >= 0.3 is 0 Å². The van der Waals surface area contributed by atoms with Gasteiger partial charge in [-0.15, -0.1) is 0 Å². The minimum Gasteiger partial charge on any atom is -0.307 e. The van der Waals surface area contributed by atoms with E-state index in [1.807, 2.05) is 120 Å². The lowest BCUT2D eigenvalue weighted by atomic mass is 9.96. The van der Waals surface area contributed by atoms with E-state index < -0.39 is 11.8 Å². The summed E-state index contributed by atoms with van der Waals surface area (Å²) in [5.41, 5.74) is 9.86. The van der Waals surface area contributed by atoms with E-state index in [0.717, 1.165) is 33.0 Å². The molecule has 8 heteroatoms. The molecule has 0 spiro atoms. The first-order chi connectivity index (χ1) is 30.4. The third-order valence-electron chi connectivity index (χ3n) is 11.4. The topological polar surface area (TPSA) is 98.6 Å². The average Bonchev–Trinajstić information content (AvgIpc) is 3.81. The van der Waals surface area contributed by atoms with Crippen LogP contribution in [0.3, 0.4) is 0 Å². The Balaban J connectivity index is 1.27. The van der Waals surface area contributed by atoms with E-state index in [9.17, 15) is 15.3 Å². The van der Waals surface area contributed by atoms with Crippen LogP contribution < -0.4 is 4.90 Å². The monoisotopic (exact) mass is 792 g/mol. The highest BCUT2D eigenvalue weighted by Gasteiger charge is 2.40. The van der Waals surface area contributed by atoms with Crippen LogP contribution in [0.25, 0.3) is 81.7 Å². The van der Waals surface area contributed by atoms with Crippen LogP contribution in [0.2, 0.25) is 0 Å². The molecular weight excluding hydrogens is 765 g/mol. The first-order valence-corrected chi connectivity index (χ1v) is 19.6. The minimum absolute atomic E-state index is 0.196. The van der Waals surface area contributed by atoms with Gasteiger partial charge < -0.3 is 4.57 Å². The van der Waals surface area contributed by atoms with Gasteiger partial charge in [0.25, 0.3) is 11.8 Å². The van der Waals surface area contributed by atoms with Gasteiger partial charge in [0, 0.05) is 21.9 Å². The van der Waals surface area contributed by atoms with Crippen LogP contribution in [0.1, 0.15) is 31.8 Å². The molecule has 1 aromatic heterocycles. The number of aromatic nitrogens is 1. The Labute approximate surface area is 356 Å². The zero-order chi connectivity index (χ0) is 42.5. The number of carbonyl (C=O) groups is 2. The third kappa shape index (κ3) is 5.81. The normalized spacial score (nSPS) is 11.8. The molecule has 0 radical (unpaired) electrons. The summed E-state index contributed by atoms with van der Waals surface area (Å²) < 4.78 is 1.97. The maximum atomic E-state index is 15.3. The van der Waals surface area contributed by atoms with Crippen LogP contribution in [-0.2, 0) is 0 Å². The van der Waals surface area contributed by atoms with Crippen molar-refractivity contribution in [3.8, 4) is 62.3 Å². The number of benzene rings is 8. The van der Waals surface area contributed by atoms with Crippen LogP contribution in [0.15, 0.2) is 170 Å². The Morgan fingerprint density at radius 1 is 0.484 bits per heavy atom. The molecule has 0 N–H and O–H groups in total. The molecule has 62 heavy (non-hydrogen) atoms. The summed E-state index contributed by atoms with van der Waals surface area (Å²) in [6, 6.07) is 56.6. The number of rotatable bonds is 6. The zero-order valence-corrected chi connectivity index (χ0v) is 32.7. The highest BCUT2D eigenvalue weighted by Crippen LogP contribution is 2.47. The second kappa shape index (κ2) is 14.8. The highest BCUT2D eigenvalue weighted by molar-refractivity contribution is 6.36. The van der Waals surface area contributed by atoms with Crippen molar-refractivity contribution in [2.75, 3.05) is 4.90 Å². The SMILES string of the molecule is [C-]#[N+]c1ccc(-c2cccc3c4cccc(-c5ccc(C#N)cc5C#N)c4n(-c4cccc5c4C(=O)N(c4cc(-c6ccccc6)cc(-c6ccccc6)c4)C5=O)c23)c([N+]#[C-])c1. The summed E-state index contributed by atoms with van der Waals surface area (Å²) in [5.74, 6) is -0.977. The van der Waals surface area contributed by atoms with Gasteiger partial charge in [-0.3, -0.25) is 9.59 Å². The molecular formula is C54H28N6O2. The minimum atomic E-state index is -0.505. The quantitative estimate of drug-likeness (QED) is 0.124. The number of fused-ring (bicyclic) bond motifs is 4. The largest absolute Gasteiger partial charge is 0.307 e. The van der Waals surface area contributed by atoms with E-state index in [-0.39, 0.29) is 16.8 Å². The van der Waals surface area contributed by atoms with Crippen molar-refractivity contribution in [3.05, 3.63) is 215 Å². The van der Waals surface area contributed by atoms with E-state index in [1.165, 1.54) is 4.90 Å². The number of hydrogen-bond acceptors (Lipinski definition) is 4. The number of nitrogens with zero attached hydrogens (tertiary/aromatic N) is 6. The van der Waals surface area contributed by atoms with Crippen LogP contribution in [0.5, 0.6) is 0 Å².